The Hall–Kier alpha value is -16.2. The molecule has 8 bridgehead atoms. The van der Waals surface area contributed by atoms with Crippen molar-refractivity contribution < 1.29 is 54.4 Å². The van der Waals surface area contributed by atoms with Crippen LogP contribution in [0.25, 0.3) is 79.1 Å². The maximum Gasteiger partial charge on any atom is 0.416 e. The Morgan fingerprint density at radius 3 is 1.02 bits per heavy atom. The molecule has 0 atom stereocenters. The minimum atomic E-state index is -4.44. The van der Waals surface area contributed by atoms with E-state index in [1.165, 1.54) is 48.5 Å². The molecular weight excluding hydrogens is 1750 g/mol. The minimum absolute atomic E-state index is 0.0241. The number of oxazole rings is 3. The van der Waals surface area contributed by atoms with Crippen LogP contribution in [0.2, 0.25) is 0 Å². The van der Waals surface area contributed by atoms with E-state index in [1.54, 1.807) is 83.2 Å². The van der Waals surface area contributed by atoms with Gasteiger partial charge in [0.15, 0.2) is 59.7 Å². The van der Waals surface area contributed by atoms with Crippen molar-refractivity contribution in [2.24, 2.45) is 0 Å². The third-order valence-electron chi connectivity index (χ3n) is 25.9. The number of piperidine rings is 4. The first-order valence-electron chi connectivity index (χ1n) is 45.6. The summed E-state index contributed by atoms with van der Waals surface area (Å²) in [6, 6.07) is 66.5. The maximum atomic E-state index is 14.0. The molecule has 9 aromatic heterocycles. The van der Waals surface area contributed by atoms with E-state index in [0.717, 1.165) is 185 Å². The van der Waals surface area contributed by atoms with Crippen LogP contribution < -0.4 is 60.5 Å². The topological polar surface area (TPSA) is 298 Å². The summed E-state index contributed by atoms with van der Waals surface area (Å²) in [4.78, 5) is 111. The van der Waals surface area contributed by atoms with Gasteiger partial charge in [0.05, 0.1) is 81.6 Å². The number of rotatable bonds is 12. The van der Waals surface area contributed by atoms with Gasteiger partial charge < -0.3 is 48.8 Å². The van der Waals surface area contributed by atoms with Crippen LogP contribution in [0.1, 0.15) is 80.5 Å². The third-order valence-corrected chi connectivity index (χ3v) is 25.9. The number of anilines is 12. The lowest BCUT2D eigenvalue weighted by atomic mass is 10.0. The molecule has 8 amide bonds. The number of nitrogens with zero attached hydrogens (tertiary/aromatic N) is 17. The van der Waals surface area contributed by atoms with Crippen LogP contribution in [0.4, 0.5) is 110 Å². The average Bonchev–Trinajstić information content (AvgIpc) is 1.64. The summed E-state index contributed by atoms with van der Waals surface area (Å²) < 4.78 is 83.7. The van der Waals surface area contributed by atoms with Crippen LogP contribution in [0.15, 0.2) is 288 Å². The van der Waals surface area contributed by atoms with Crippen LogP contribution in [-0.2, 0) is 12.1 Å². The van der Waals surface area contributed by atoms with Crippen molar-refractivity contribution in [3.8, 4) is 79.1 Å². The summed E-state index contributed by atoms with van der Waals surface area (Å²) in [5.74, 6) is 1.73. The van der Waals surface area contributed by atoms with Crippen molar-refractivity contribution in [3.05, 3.63) is 297 Å². The zero-order valence-corrected chi connectivity index (χ0v) is 75.0. The molecule has 4 saturated heterocycles. The number of fused-ring (bicyclic) bond motifs is 8. The van der Waals surface area contributed by atoms with Crippen LogP contribution >= 0.6 is 0 Å². The van der Waals surface area contributed by atoms with Gasteiger partial charge in [-0.3, -0.25) is 29.9 Å². The lowest BCUT2D eigenvalue weighted by molar-refractivity contribution is -0.137. The molecule has 12 aliphatic heterocycles. The molecule has 6 aromatic carbocycles. The lowest BCUT2D eigenvalue weighted by Crippen LogP contribution is -2.46. The molecule has 28 nitrogen and oxygen atoms in total. The molecule has 12 aliphatic rings. The van der Waals surface area contributed by atoms with Crippen LogP contribution in [0, 0.1) is 13.8 Å². The Balaban J connectivity index is 0.000000113. The number of amides is 8. The molecule has 0 saturated carbocycles. The van der Waals surface area contributed by atoms with E-state index in [-0.39, 0.29) is 53.9 Å². The first kappa shape index (κ1) is 88.7. The van der Waals surface area contributed by atoms with Crippen molar-refractivity contribution in [2.45, 2.75) is 108 Å². The molecule has 137 heavy (non-hydrogen) atoms. The predicted molar refractivity (Wildman–Crippen MR) is 518 cm³/mol. The monoisotopic (exact) mass is 1840 g/mol. The molecule has 0 radical (unpaired) electrons. The van der Waals surface area contributed by atoms with E-state index in [4.69, 9.17) is 33.2 Å². The average molecular weight is 1850 g/mol. The van der Waals surface area contributed by atoms with Gasteiger partial charge in [-0.15, -0.1) is 0 Å². The highest BCUT2D eigenvalue weighted by Gasteiger charge is 2.43. The minimum Gasteiger partial charge on any atom is -0.444 e. The molecule has 27 rings (SSSR count). The molecule has 15 aromatic rings. The van der Waals surface area contributed by atoms with E-state index in [0.29, 0.717) is 85.8 Å². The lowest BCUT2D eigenvalue weighted by Gasteiger charge is -2.31. The number of halogens is 5. The van der Waals surface area contributed by atoms with E-state index >= 15 is 0 Å². The number of pyridine rings is 6. The van der Waals surface area contributed by atoms with Gasteiger partial charge in [0.2, 0.25) is 0 Å². The first-order valence-corrected chi connectivity index (χ1v) is 45.6. The fraction of sp³-hybridized carbons (Fsp3) is 0.240. The fourth-order valence-electron chi connectivity index (χ4n) is 19.1. The highest BCUT2D eigenvalue weighted by Crippen LogP contribution is 2.47. The number of aryl methyl sites for hydroxylation is 2. The summed E-state index contributed by atoms with van der Waals surface area (Å²) in [6.45, 7) is 11.9. The summed E-state index contributed by atoms with van der Waals surface area (Å²) >= 11 is 0. The Kier molecular flexibility index (Phi) is 24.6. The van der Waals surface area contributed by atoms with Gasteiger partial charge in [-0.05, 0) is 193 Å². The summed E-state index contributed by atoms with van der Waals surface area (Å²) in [6.07, 6.45) is 14.6. The highest BCUT2D eigenvalue weighted by molar-refractivity contribution is 6.08. The van der Waals surface area contributed by atoms with Crippen molar-refractivity contribution in [1.82, 2.24) is 44.9 Å². The Labute approximate surface area is 785 Å². The summed E-state index contributed by atoms with van der Waals surface area (Å²) in [5.41, 5.74) is 15.0. The standard InChI is InChI=1S/C28H25F2N5O2.C27H25N5O2.C26H24N6O2.C23H20F3N5O/c1-28(29,30)20-6-2-4-18(14-20)23-8-9-24-26(33-23)35(22-10-12-34(24)13-11-22)27(36)32-21-7-3-5-19(15-21)25-16-31-17-37-25;1-18-4-2-5-19(14-18)23-8-9-24-26(30-23)32(22-10-12-31(24)13-11-22)27(33)29-21-7-3-6-20(15-21)25-16-28-17-34-25;1-17-4-2-5-18(14-17)20-8-9-22-25(29-20)32(19-10-12-31(22)13-11-19)26(33)30-24-7-3-6-21(28-24)23-15-27-16-34-23;24-23(25,26)16-4-1-3-15(13-16)19-6-7-20-21(29-19)31(18-8-11-30(20)12-9-18)22(32)28-17-5-2-10-27-14-17/h2-9,14-17,22H,10-13H2,1H3,(H,32,36);2-9,14-17,22H,10-13H2,1H3,(H,29,33);2-9,14-16,19H,10-13H2,1H3,(H,28,30,33);1-7,10,13-14,18H,8-9,11-12H2,(H,28,32). The zero-order valence-electron chi connectivity index (χ0n) is 75.0. The van der Waals surface area contributed by atoms with Crippen LogP contribution in [-0.4, -0.2) is 146 Å². The fourth-order valence-corrected chi connectivity index (χ4v) is 19.1. The number of carbonyl (C=O) groups is 4. The number of alkyl halides is 5. The zero-order chi connectivity index (χ0) is 94.0. The smallest absolute Gasteiger partial charge is 0.416 e. The SMILES string of the molecule is CC(F)(F)c1cccc(-c2ccc3c(n2)N(C(=O)Nc2cccc(-c4cnco4)c2)C2CCN3CC2)c1.Cc1cccc(-c2ccc3c(n2)N(C(=O)Nc2cccc(-c4cnco4)c2)C2CCN3CC2)c1.Cc1cccc(-c2ccc3c(n2)N(C(=O)Nc2cccc(-c4cnco4)n2)C2CCN3CC2)c1.O=C(Nc1cccnc1)N1c2nc(-c3cccc(C(F)(F)F)c3)ccc2N2CCC1CC2. The van der Waals surface area contributed by atoms with E-state index in [9.17, 15) is 41.1 Å². The van der Waals surface area contributed by atoms with Gasteiger partial charge in [-0.25, -0.2) is 67.8 Å². The first-order chi connectivity index (χ1) is 66.6. The van der Waals surface area contributed by atoms with Crippen LogP contribution in [0.5, 0.6) is 0 Å². The largest absolute Gasteiger partial charge is 0.444 e. The molecule has 4 fully saturated rings. The van der Waals surface area contributed by atoms with E-state index < -0.39 is 17.7 Å². The number of aromatic nitrogens is 9. The van der Waals surface area contributed by atoms with Gasteiger partial charge in [0.1, 0.15) is 11.5 Å². The molecule has 692 valence electrons. The van der Waals surface area contributed by atoms with Crippen molar-refractivity contribution in [2.75, 3.05) is 113 Å². The molecule has 0 aliphatic carbocycles. The van der Waals surface area contributed by atoms with Gasteiger partial charge >= 0.3 is 30.3 Å². The van der Waals surface area contributed by atoms with Crippen molar-refractivity contribution >= 4 is 93.0 Å². The summed E-state index contributed by atoms with van der Waals surface area (Å²) in [5, 5.41) is 12.0. The van der Waals surface area contributed by atoms with Gasteiger partial charge in [-0.2, -0.15) is 13.2 Å². The van der Waals surface area contributed by atoms with Gasteiger partial charge in [0, 0.05) is 140 Å². The van der Waals surface area contributed by atoms with Crippen molar-refractivity contribution in [3.63, 3.8) is 0 Å². The molecular formula is C104H94F5N21O7. The number of hydrogen-bond donors (Lipinski definition) is 4. The molecule has 21 heterocycles. The second-order valence-corrected chi connectivity index (χ2v) is 34.9. The van der Waals surface area contributed by atoms with E-state index in [1.807, 2.05) is 107 Å². The molecule has 0 unspecified atom stereocenters. The van der Waals surface area contributed by atoms with Gasteiger partial charge in [0.25, 0.3) is 5.92 Å². The second-order valence-electron chi connectivity index (χ2n) is 34.9. The number of hydrogen-bond acceptors (Lipinski definition) is 20. The predicted octanol–water partition coefficient (Wildman–Crippen LogP) is 22.6. The third kappa shape index (κ3) is 19.1. The Morgan fingerprint density at radius 2 is 0.657 bits per heavy atom. The normalized spacial score (nSPS) is 15.4. The van der Waals surface area contributed by atoms with Crippen LogP contribution in [0.3, 0.4) is 0 Å². The molecule has 4 N–H and O–H groups in total. The summed E-state index contributed by atoms with van der Waals surface area (Å²) in [7, 11) is 0. The Morgan fingerprint density at radius 1 is 0.321 bits per heavy atom. The number of urea groups is 4. The number of carbonyl (C=O) groups excluding carboxylic acids is 4. The quantitative estimate of drug-likeness (QED) is 0.0826. The molecule has 0 spiro atoms. The maximum absolute atomic E-state index is 14.0. The van der Waals surface area contributed by atoms with Crippen molar-refractivity contribution in [1.29, 1.82) is 0 Å². The highest BCUT2D eigenvalue weighted by atomic mass is 19.4. The van der Waals surface area contributed by atoms with E-state index in [2.05, 4.69) is 134 Å². The second kappa shape index (κ2) is 38.0. The number of nitrogens with one attached hydrogen (secondary N) is 4. The number of benzene rings is 6. The molecule has 33 heteroatoms. The Bertz CT molecular complexity index is 6710. The van der Waals surface area contributed by atoms with Gasteiger partial charge in [-0.1, -0.05) is 108 Å².